The standard InChI is InChI=1S/C21H29N9/c1-21(2,3)20-26-25-18-5-6-19(27-30(18)20)29-11-14(12-29)10-22-17-9-15-13-28(4)8-7-16(15)23-24-17/h5-6,9,14H,7-8,10-13H2,1-4H3,(H,22,24). The third-order valence-corrected chi connectivity index (χ3v) is 5.90. The summed E-state index contributed by atoms with van der Waals surface area (Å²) in [5.41, 5.74) is 3.12. The van der Waals surface area contributed by atoms with Crippen LogP contribution < -0.4 is 10.2 Å². The summed E-state index contributed by atoms with van der Waals surface area (Å²) < 4.78 is 1.88. The summed E-state index contributed by atoms with van der Waals surface area (Å²) in [5, 5.41) is 25.6. The Labute approximate surface area is 176 Å². The van der Waals surface area contributed by atoms with Gasteiger partial charge in [0, 0.05) is 50.5 Å². The number of aromatic nitrogens is 6. The van der Waals surface area contributed by atoms with E-state index in [4.69, 9.17) is 5.10 Å². The molecule has 158 valence electrons. The molecule has 3 aromatic rings. The van der Waals surface area contributed by atoms with E-state index in [1.54, 1.807) is 0 Å². The Hall–Kier alpha value is -2.81. The van der Waals surface area contributed by atoms with Crippen molar-refractivity contribution in [2.45, 2.75) is 39.2 Å². The van der Waals surface area contributed by atoms with Crippen LogP contribution in [0.15, 0.2) is 18.2 Å². The highest BCUT2D eigenvalue weighted by Crippen LogP contribution is 2.26. The molecule has 9 nitrogen and oxygen atoms in total. The minimum atomic E-state index is -0.100. The number of anilines is 2. The van der Waals surface area contributed by atoms with Gasteiger partial charge in [-0.05, 0) is 30.8 Å². The topological polar surface area (TPSA) is 87.4 Å². The van der Waals surface area contributed by atoms with Crippen LogP contribution in [0.3, 0.4) is 0 Å². The normalized spacial score (nSPS) is 17.8. The molecular formula is C21H29N9. The molecule has 2 aliphatic rings. The van der Waals surface area contributed by atoms with Gasteiger partial charge in [0.1, 0.15) is 11.6 Å². The monoisotopic (exact) mass is 407 g/mol. The molecule has 0 atom stereocenters. The fourth-order valence-corrected chi connectivity index (χ4v) is 4.11. The molecule has 9 heteroatoms. The highest BCUT2D eigenvalue weighted by molar-refractivity contribution is 5.48. The van der Waals surface area contributed by atoms with Crippen molar-refractivity contribution in [1.29, 1.82) is 0 Å². The summed E-state index contributed by atoms with van der Waals surface area (Å²) >= 11 is 0. The van der Waals surface area contributed by atoms with Gasteiger partial charge in [0.2, 0.25) is 0 Å². The Bertz CT molecular complexity index is 1060. The van der Waals surface area contributed by atoms with E-state index in [0.29, 0.717) is 5.92 Å². The summed E-state index contributed by atoms with van der Waals surface area (Å²) in [6.45, 7) is 11.2. The van der Waals surface area contributed by atoms with E-state index < -0.39 is 0 Å². The third kappa shape index (κ3) is 3.58. The molecule has 0 bridgehead atoms. The number of likely N-dealkylation sites (N-methyl/N-ethyl adjacent to an activating group) is 1. The lowest BCUT2D eigenvalue weighted by Crippen LogP contribution is -2.50. The van der Waals surface area contributed by atoms with E-state index in [1.165, 1.54) is 5.56 Å². The van der Waals surface area contributed by atoms with Gasteiger partial charge >= 0.3 is 0 Å². The second-order valence-corrected chi connectivity index (χ2v) is 9.58. The zero-order valence-electron chi connectivity index (χ0n) is 18.1. The molecule has 0 saturated carbocycles. The number of fused-ring (bicyclic) bond motifs is 2. The van der Waals surface area contributed by atoms with Crippen molar-refractivity contribution in [3.8, 4) is 0 Å². The zero-order valence-corrected chi connectivity index (χ0v) is 18.1. The predicted octanol–water partition coefficient (Wildman–Crippen LogP) is 1.75. The molecule has 1 saturated heterocycles. The second-order valence-electron chi connectivity index (χ2n) is 9.58. The number of nitrogens with zero attached hydrogens (tertiary/aromatic N) is 8. The Balaban J connectivity index is 1.20. The van der Waals surface area contributed by atoms with Gasteiger partial charge in [-0.25, -0.2) is 0 Å². The van der Waals surface area contributed by atoms with Crippen molar-refractivity contribution in [2.75, 3.05) is 43.4 Å². The van der Waals surface area contributed by atoms with Crippen molar-refractivity contribution in [1.82, 2.24) is 34.9 Å². The van der Waals surface area contributed by atoms with E-state index >= 15 is 0 Å². The van der Waals surface area contributed by atoms with Crippen molar-refractivity contribution >= 4 is 17.3 Å². The van der Waals surface area contributed by atoms with Crippen LogP contribution in [0.1, 0.15) is 37.9 Å². The maximum atomic E-state index is 4.80. The van der Waals surface area contributed by atoms with Crippen LogP contribution in [0.25, 0.3) is 5.65 Å². The van der Waals surface area contributed by atoms with Crippen LogP contribution >= 0.6 is 0 Å². The number of nitrogens with one attached hydrogen (secondary N) is 1. The SMILES string of the molecule is CN1CCc2nnc(NCC3CN(c4ccc5nnc(C(C)(C)C)n5n4)C3)cc2C1. The molecule has 30 heavy (non-hydrogen) atoms. The van der Waals surface area contributed by atoms with Crippen LogP contribution in [0.5, 0.6) is 0 Å². The lowest BCUT2D eigenvalue weighted by molar-refractivity contribution is 0.309. The minimum absolute atomic E-state index is 0.100. The molecule has 5 rings (SSSR count). The average molecular weight is 408 g/mol. The Morgan fingerprint density at radius 2 is 1.93 bits per heavy atom. The van der Waals surface area contributed by atoms with Crippen molar-refractivity contribution < 1.29 is 0 Å². The zero-order chi connectivity index (χ0) is 20.9. The van der Waals surface area contributed by atoms with Gasteiger partial charge < -0.3 is 15.1 Å². The molecule has 0 spiro atoms. The van der Waals surface area contributed by atoms with E-state index in [0.717, 1.165) is 67.9 Å². The molecule has 3 aromatic heterocycles. The predicted molar refractivity (Wildman–Crippen MR) is 116 cm³/mol. The quantitative estimate of drug-likeness (QED) is 0.700. The van der Waals surface area contributed by atoms with Crippen LogP contribution in [0.2, 0.25) is 0 Å². The minimum Gasteiger partial charge on any atom is -0.368 e. The molecule has 2 aliphatic heterocycles. The Morgan fingerprint density at radius 3 is 2.73 bits per heavy atom. The number of hydrogen-bond acceptors (Lipinski definition) is 8. The summed E-state index contributed by atoms with van der Waals surface area (Å²) in [4.78, 5) is 4.62. The van der Waals surface area contributed by atoms with Crippen molar-refractivity contribution in [2.24, 2.45) is 5.92 Å². The van der Waals surface area contributed by atoms with Crippen molar-refractivity contribution in [3.63, 3.8) is 0 Å². The van der Waals surface area contributed by atoms with Gasteiger partial charge in [0.05, 0.1) is 5.69 Å². The first kappa shape index (κ1) is 19.2. The fraction of sp³-hybridized carbons (Fsp3) is 0.571. The Morgan fingerprint density at radius 1 is 1.10 bits per heavy atom. The van der Waals surface area contributed by atoms with Gasteiger partial charge in [-0.15, -0.1) is 20.4 Å². The molecule has 1 fully saturated rings. The number of rotatable bonds is 4. The molecule has 0 aromatic carbocycles. The summed E-state index contributed by atoms with van der Waals surface area (Å²) in [6, 6.07) is 6.19. The molecule has 0 amide bonds. The van der Waals surface area contributed by atoms with Crippen LogP contribution in [-0.2, 0) is 18.4 Å². The van der Waals surface area contributed by atoms with Crippen LogP contribution in [-0.4, -0.2) is 68.1 Å². The smallest absolute Gasteiger partial charge is 0.178 e. The van der Waals surface area contributed by atoms with Crippen LogP contribution in [0.4, 0.5) is 11.6 Å². The van der Waals surface area contributed by atoms with Gasteiger partial charge in [0.15, 0.2) is 11.5 Å². The summed E-state index contributed by atoms with van der Waals surface area (Å²) in [5.74, 6) is 3.29. The lowest BCUT2D eigenvalue weighted by Gasteiger charge is -2.40. The summed E-state index contributed by atoms with van der Waals surface area (Å²) in [7, 11) is 2.15. The highest BCUT2D eigenvalue weighted by atomic mass is 15.4. The second kappa shape index (κ2) is 7.16. The first-order valence-corrected chi connectivity index (χ1v) is 10.6. The third-order valence-electron chi connectivity index (χ3n) is 5.90. The maximum Gasteiger partial charge on any atom is 0.178 e. The summed E-state index contributed by atoms with van der Waals surface area (Å²) in [6.07, 6.45) is 0.984. The van der Waals surface area contributed by atoms with Gasteiger partial charge in [0.25, 0.3) is 0 Å². The molecule has 1 N–H and O–H groups in total. The lowest BCUT2D eigenvalue weighted by atomic mass is 9.96. The van der Waals surface area contributed by atoms with Gasteiger partial charge in [-0.2, -0.15) is 9.61 Å². The molecular weight excluding hydrogens is 378 g/mol. The maximum absolute atomic E-state index is 4.80. The molecule has 0 unspecified atom stereocenters. The van der Waals surface area contributed by atoms with Gasteiger partial charge in [-0.1, -0.05) is 20.8 Å². The van der Waals surface area contributed by atoms with E-state index in [9.17, 15) is 0 Å². The first-order valence-electron chi connectivity index (χ1n) is 10.6. The van der Waals surface area contributed by atoms with E-state index in [1.807, 2.05) is 16.6 Å². The fourth-order valence-electron chi connectivity index (χ4n) is 4.11. The molecule has 5 heterocycles. The van der Waals surface area contributed by atoms with E-state index in [2.05, 4.69) is 69.4 Å². The average Bonchev–Trinajstić information content (AvgIpc) is 3.10. The molecule has 0 radical (unpaired) electrons. The largest absolute Gasteiger partial charge is 0.368 e. The highest BCUT2D eigenvalue weighted by Gasteiger charge is 2.29. The molecule has 0 aliphatic carbocycles. The van der Waals surface area contributed by atoms with E-state index in [-0.39, 0.29) is 5.41 Å². The van der Waals surface area contributed by atoms with Crippen LogP contribution in [0, 0.1) is 5.92 Å². The van der Waals surface area contributed by atoms with Crippen molar-refractivity contribution in [3.05, 3.63) is 35.3 Å². The first-order chi connectivity index (χ1) is 14.4. The Kier molecular flexibility index (Phi) is 4.57. The van der Waals surface area contributed by atoms with Gasteiger partial charge in [-0.3, -0.25) is 0 Å². The number of hydrogen-bond donors (Lipinski definition) is 1.